The number of hydrogen-bond donors (Lipinski definition) is 1. The topological polar surface area (TPSA) is 46.5 Å². The van der Waals surface area contributed by atoms with E-state index in [1.54, 1.807) is 0 Å². The molecule has 63 heavy (non-hydrogen) atoms. The minimum absolute atomic E-state index is 0.00927. The molecule has 0 saturated heterocycles. The number of esters is 1. The third kappa shape index (κ3) is 57.5. The molecule has 0 bridgehead atoms. The van der Waals surface area contributed by atoms with Crippen molar-refractivity contribution in [2.75, 3.05) is 6.61 Å². The summed E-state index contributed by atoms with van der Waals surface area (Å²) in [7, 11) is 0. The summed E-state index contributed by atoms with van der Waals surface area (Å²) in [5.41, 5.74) is 0. The van der Waals surface area contributed by atoms with E-state index in [1.807, 2.05) is 0 Å². The van der Waals surface area contributed by atoms with Gasteiger partial charge in [0.2, 0.25) is 0 Å². The molecule has 0 aliphatic rings. The van der Waals surface area contributed by atoms with Gasteiger partial charge in [-0.2, -0.15) is 0 Å². The van der Waals surface area contributed by atoms with Gasteiger partial charge in [0, 0.05) is 6.42 Å². The SMILES string of the molecule is CCCCCCCCCCCCCCCCCCCCCCCCCCCCCCCCCCCCCCCCCCOC(=O)CCCCCCCCCCC(O)CCCCCC. The second kappa shape index (κ2) is 57.6. The van der Waals surface area contributed by atoms with Crippen LogP contribution in [0.3, 0.4) is 0 Å². The number of aliphatic hydroxyl groups excluding tert-OH is 1. The van der Waals surface area contributed by atoms with Crippen molar-refractivity contribution in [2.24, 2.45) is 0 Å². The Balaban J connectivity index is 3.14. The average Bonchev–Trinajstić information content (AvgIpc) is 3.29. The number of rotatable bonds is 57. The van der Waals surface area contributed by atoms with E-state index in [0.29, 0.717) is 13.0 Å². The summed E-state index contributed by atoms with van der Waals surface area (Å²) >= 11 is 0. The third-order valence-electron chi connectivity index (χ3n) is 14.3. The summed E-state index contributed by atoms with van der Waals surface area (Å²) in [6.07, 6.45) is 74.7. The monoisotopic (exact) mass is 889 g/mol. The van der Waals surface area contributed by atoms with Crippen molar-refractivity contribution in [2.45, 2.75) is 373 Å². The zero-order valence-electron chi connectivity index (χ0n) is 43.9. The maximum absolute atomic E-state index is 12.1. The third-order valence-corrected chi connectivity index (χ3v) is 14.3. The summed E-state index contributed by atoms with van der Waals surface area (Å²) in [6.45, 7) is 5.16. The number of ether oxygens (including phenoxy) is 1. The zero-order valence-corrected chi connectivity index (χ0v) is 43.9. The van der Waals surface area contributed by atoms with Gasteiger partial charge >= 0.3 is 5.97 Å². The molecule has 378 valence electrons. The lowest BCUT2D eigenvalue weighted by Crippen LogP contribution is -2.06. The van der Waals surface area contributed by atoms with E-state index in [9.17, 15) is 9.90 Å². The molecule has 3 heteroatoms. The first-order valence-corrected chi connectivity index (χ1v) is 30.0. The lowest BCUT2D eigenvalue weighted by molar-refractivity contribution is -0.143. The number of hydrogen-bond acceptors (Lipinski definition) is 3. The summed E-state index contributed by atoms with van der Waals surface area (Å²) in [5, 5.41) is 10.1. The molecule has 0 heterocycles. The molecule has 1 unspecified atom stereocenters. The van der Waals surface area contributed by atoms with Crippen molar-refractivity contribution >= 4 is 5.97 Å². The average molecular weight is 890 g/mol. The van der Waals surface area contributed by atoms with E-state index >= 15 is 0 Å². The maximum Gasteiger partial charge on any atom is 0.305 e. The molecular weight excluding hydrogens is 769 g/mol. The van der Waals surface area contributed by atoms with Crippen LogP contribution in [0.25, 0.3) is 0 Å². The molecule has 1 N–H and O–H groups in total. The molecule has 0 fully saturated rings. The summed E-state index contributed by atoms with van der Waals surface area (Å²) in [6, 6.07) is 0. The number of unbranched alkanes of at least 4 members (excludes halogenated alkanes) is 49. The Kier molecular flexibility index (Phi) is 57.0. The van der Waals surface area contributed by atoms with Crippen LogP contribution in [0.15, 0.2) is 0 Å². The van der Waals surface area contributed by atoms with Gasteiger partial charge in [0.05, 0.1) is 12.7 Å². The molecule has 0 aliphatic heterocycles. The Bertz CT molecular complexity index is 811. The van der Waals surface area contributed by atoms with Crippen LogP contribution in [0.1, 0.15) is 367 Å². The summed E-state index contributed by atoms with van der Waals surface area (Å²) in [4.78, 5) is 12.1. The molecule has 3 nitrogen and oxygen atoms in total. The fraction of sp³-hybridized carbons (Fsp3) is 0.983. The zero-order chi connectivity index (χ0) is 45.5. The molecular formula is C60H120O3. The van der Waals surface area contributed by atoms with E-state index in [0.717, 1.165) is 32.1 Å². The number of carbonyl (C=O) groups is 1. The highest BCUT2D eigenvalue weighted by atomic mass is 16.5. The van der Waals surface area contributed by atoms with Crippen LogP contribution < -0.4 is 0 Å². The van der Waals surface area contributed by atoms with Crippen LogP contribution in [0, 0.1) is 0 Å². The normalized spacial score (nSPS) is 12.1. The van der Waals surface area contributed by atoms with Crippen molar-refractivity contribution in [3.8, 4) is 0 Å². The lowest BCUT2D eigenvalue weighted by atomic mass is 10.0. The molecule has 0 spiro atoms. The Hall–Kier alpha value is -0.570. The minimum Gasteiger partial charge on any atom is -0.466 e. The highest BCUT2D eigenvalue weighted by Crippen LogP contribution is 2.19. The van der Waals surface area contributed by atoms with Gasteiger partial charge in [-0.15, -0.1) is 0 Å². The summed E-state index contributed by atoms with van der Waals surface area (Å²) in [5.74, 6) is 0.00927. The second-order valence-electron chi connectivity index (χ2n) is 20.9. The van der Waals surface area contributed by atoms with Crippen LogP contribution >= 0.6 is 0 Å². The molecule has 0 aliphatic carbocycles. The molecule has 0 aromatic heterocycles. The first kappa shape index (κ1) is 62.4. The molecule has 0 radical (unpaired) electrons. The Morgan fingerprint density at radius 1 is 0.286 bits per heavy atom. The Morgan fingerprint density at radius 3 is 0.730 bits per heavy atom. The van der Waals surface area contributed by atoms with Gasteiger partial charge in [-0.3, -0.25) is 4.79 Å². The van der Waals surface area contributed by atoms with Crippen LogP contribution in [-0.2, 0) is 9.53 Å². The Labute approximate surface area is 398 Å². The van der Waals surface area contributed by atoms with Crippen molar-refractivity contribution in [1.29, 1.82) is 0 Å². The molecule has 0 aromatic rings. The van der Waals surface area contributed by atoms with Gasteiger partial charge in [-0.1, -0.05) is 335 Å². The summed E-state index contributed by atoms with van der Waals surface area (Å²) < 4.78 is 5.49. The van der Waals surface area contributed by atoms with Crippen molar-refractivity contribution in [3.63, 3.8) is 0 Å². The van der Waals surface area contributed by atoms with E-state index in [2.05, 4.69) is 13.8 Å². The van der Waals surface area contributed by atoms with E-state index in [1.165, 1.54) is 315 Å². The number of carbonyl (C=O) groups excluding carboxylic acids is 1. The van der Waals surface area contributed by atoms with Crippen LogP contribution in [0.5, 0.6) is 0 Å². The lowest BCUT2D eigenvalue weighted by Gasteiger charge is -2.10. The molecule has 0 amide bonds. The first-order chi connectivity index (χ1) is 31.2. The van der Waals surface area contributed by atoms with Crippen LogP contribution in [0.2, 0.25) is 0 Å². The quantitative estimate of drug-likeness (QED) is 0.0489. The van der Waals surface area contributed by atoms with Crippen molar-refractivity contribution in [3.05, 3.63) is 0 Å². The number of aliphatic hydroxyl groups is 1. The first-order valence-electron chi connectivity index (χ1n) is 30.0. The maximum atomic E-state index is 12.1. The minimum atomic E-state index is -0.0800. The van der Waals surface area contributed by atoms with Gasteiger partial charge in [0.25, 0.3) is 0 Å². The Morgan fingerprint density at radius 2 is 0.476 bits per heavy atom. The van der Waals surface area contributed by atoms with Crippen molar-refractivity contribution < 1.29 is 14.6 Å². The molecule has 0 rings (SSSR count). The molecule has 1 atom stereocenters. The highest BCUT2D eigenvalue weighted by Gasteiger charge is 2.05. The standard InChI is InChI=1S/C60H120O3/c1-3-5-7-9-10-11-12-13-14-15-16-17-18-19-20-21-22-23-24-25-26-27-28-29-30-31-32-33-34-35-36-37-38-39-40-41-44-47-50-54-58-63-60(62)57-53-49-46-43-42-45-48-52-56-59(61)55-51-8-6-4-2/h59,61H,3-58H2,1-2H3. The van der Waals surface area contributed by atoms with Gasteiger partial charge in [-0.05, 0) is 25.7 Å². The van der Waals surface area contributed by atoms with Gasteiger partial charge in [0.1, 0.15) is 0 Å². The van der Waals surface area contributed by atoms with Crippen LogP contribution in [0.4, 0.5) is 0 Å². The fourth-order valence-electron chi connectivity index (χ4n) is 9.81. The molecule has 0 aromatic carbocycles. The highest BCUT2D eigenvalue weighted by molar-refractivity contribution is 5.69. The van der Waals surface area contributed by atoms with Gasteiger partial charge in [0.15, 0.2) is 0 Å². The van der Waals surface area contributed by atoms with Gasteiger partial charge in [-0.25, -0.2) is 0 Å². The van der Waals surface area contributed by atoms with E-state index in [4.69, 9.17) is 4.74 Å². The van der Waals surface area contributed by atoms with Crippen molar-refractivity contribution in [1.82, 2.24) is 0 Å². The van der Waals surface area contributed by atoms with Crippen LogP contribution in [-0.4, -0.2) is 23.8 Å². The van der Waals surface area contributed by atoms with E-state index in [-0.39, 0.29) is 12.1 Å². The second-order valence-corrected chi connectivity index (χ2v) is 20.9. The largest absolute Gasteiger partial charge is 0.466 e. The predicted molar refractivity (Wildman–Crippen MR) is 282 cm³/mol. The smallest absolute Gasteiger partial charge is 0.305 e. The predicted octanol–water partition coefficient (Wildman–Crippen LogP) is 21.4. The van der Waals surface area contributed by atoms with E-state index < -0.39 is 0 Å². The molecule has 0 saturated carbocycles. The van der Waals surface area contributed by atoms with Gasteiger partial charge < -0.3 is 9.84 Å². The fourth-order valence-corrected chi connectivity index (χ4v) is 9.81.